The van der Waals surface area contributed by atoms with Crippen molar-refractivity contribution in [1.29, 1.82) is 0 Å². The van der Waals surface area contributed by atoms with Crippen LogP contribution in [0.25, 0.3) is 5.65 Å². The van der Waals surface area contributed by atoms with Gasteiger partial charge in [0.15, 0.2) is 5.65 Å². The Balaban J connectivity index is 2.06. The highest BCUT2D eigenvalue weighted by atomic mass is 32.2. The minimum Gasteiger partial charge on any atom is -0.397 e. The van der Waals surface area contributed by atoms with Crippen LogP contribution in [0, 0.1) is 0 Å². The first kappa shape index (κ1) is 9.97. The molecular weight excluding hydrogens is 238 g/mol. The lowest BCUT2D eigenvalue weighted by Gasteiger charge is -2.04. The molecule has 0 saturated carbocycles. The van der Waals surface area contributed by atoms with E-state index in [1.54, 1.807) is 29.3 Å². The van der Waals surface area contributed by atoms with E-state index < -0.39 is 0 Å². The molecule has 3 heterocycles. The van der Waals surface area contributed by atoms with E-state index in [4.69, 9.17) is 5.73 Å². The molecule has 2 N–H and O–H groups in total. The van der Waals surface area contributed by atoms with Crippen LogP contribution in [0.3, 0.4) is 0 Å². The molecule has 0 aliphatic rings. The fraction of sp³-hybridized carbons (Fsp3) is 0. The average Bonchev–Trinajstić information content (AvgIpc) is 2.81. The lowest BCUT2D eigenvalue weighted by atomic mass is 10.4. The second-order valence-electron chi connectivity index (χ2n) is 3.21. The molecule has 0 saturated heterocycles. The number of nitrogens with zero attached hydrogens (tertiary/aromatic N) is 6. The van der Waals surface area contributed by atoms with Gasteiger partial charge in [0.05, 0.1) is 24.3 Å². The summed E-state index contributed by atoms with van der Waals surface area (Å²) in [6, 6.07) is 1.84. The van der Waals surface area contributed by atoms with Crippen molar-refractivity contribution in [2.45, 2.75) is 9.92 Å². The summed E-state index contributed by atoms with van der Waals surface area (Å²) in [5.41, 5.74) is 7.04. The number of aromatic nitrogens is 6. The number of anilines is 1. The molecule has 0 unspecified atom stereocenters. The first-order valence-electron chi connectivity index (χ1n) is 4.74. The Morgan fingerprint density at radius 1 is 1.18 bits per heavy atom. The Morgan fingerprint density at radius 3 is 3.00 bits per heavy atom. The predicted octanol–water partition coefficient (Wildman–Crippen LogP) is 0.648. The third kappa shape index (κ3) is 1.78. The maximum absolute atomic E-state index is 5.82. The number of rotatable bonds is 2. The van der Waals surface area contributed by atoms with E-state index in [0.29, 0.717) is 11.3 Å². The van der Waals surface area contributed by atoms with E-state index in [1.165, 1.54) is 11.8 Å². The summed E-state index contributed by atoms with van der Waals surface area (Å²) in [5.74, 6) is 0. The Hall–Kier alpha value is -2.22. The normalized spacial score (nSPS) is 10.8. The fourth-order valence-electron chi connectivity index (χ4n) is 1.32. The number of nitrogen functional groups attached to an aromatic ring is 1. The summed E-state index contributed by atoms with van der Waals surface area (Å²) in [6.07, 6.45) is 6.58. The molecule has 0 amide bonds. The van der Waals surface area contributed by atoms with E-state index in [9.17, 15) is 0 Å². The van der Waals surface area contributed by atoms with Gasteiger partial charge >= 0.3 is 0 Å². The van der Waals surface area contributed by atoms with Gasteiger partial charge in [-0.3, -0.25) is 9.97 Å². The van der Waals surface area contributed by atoms with E-state index in [-0.39, 0.29) is 0 Å². The molecule has 0 spiro atoms. The van der Waals surface area contributed by atoms with Crippen LogP contribution in [0.1, 0.15) is 0 Å². The van der Waals surface area contributed by atoms with Crippen LogP contribution < -0.4 is 5.73 Å². The number of fused-ring (bicyclic) bond motifs is 1. The number of pyridine rings is 1. The number of tetrazole rings is 1. The first-order chi connectivity index (χ1) is 8.34. The maximum Gasteiger partial charge on any atom is 0.198 e. The minimum atomic E-state index is 0.600. The fourth-order valence-corrected chi connectivity index (χ4v) is 2.18. The van der Waals surface area contributed by atoms with Crippen molar-refractivity contribution in [1.82, 2.24) is 30.0 Å². The molecule has 3 rings (SSSR count). The molecule has 0 aromatic carbocycles. The molecule has 3 aromatic rings. The van der Waals surface area contributed by atoms with Crippen molar-refractivity contribution in [2.24, 2.45) is 0 Å². The zero-order valence-corrected chi connectivity index (χ0v) is 9.37. The number of hydrogen-bond donors (Lipinski definition) is 1. The lowest BCUT2D eigenvalue weighted by molar-refractivity contribution is 0.765. The maximum atomic E-state index is 5.82. The lowest BCUT2D eigenvalue weighted by Crippen LogP contribution is -1.95. The van der Waals surface area contributed by atoms with Gasteiger partial charge in [-0.25, -0.2) is 0 Å². The highest BCUT2D eigenvalue weighted by molar-refractivity contribution is 7.99. The van der Waals surface area contributed by atoms with Crippen LogP contribution in [-0.2, 0) is 0 Å². The zero-order valence-electron chi connectivity index (χ0n) is 8.56. The molecule has 0 aliphatic carbocycles. The first-order valence-corrected chi connectivity index (χ1v) is 5.56. The van der Waals surface area contributed by atoms with Crippen LogP contribution in [0.2, 0.25) is 0 Å². The van der Waals surface area contributed by atoms with Crippen molar-refractivity contribution in [2.75, 3.05) is 5.73 Å². The van der Waals surface area contributed by atoms with E-state index >= 15 is 0 Å². The molecule has 0 aliphatic heterocycles. The summed E-state index contributed by atoms with van der Waals surface area (Å²) >= 11 is 1.44. The van der Waals surface area contributed by atoms with Crippen LogP contribution in [0.15, 0.2) is 40.8 Å². The average molecular weight is 245 g/mol. The summed E-state index contributed by atoms with van der Waals surface area (Å²) in [7, 11) is 0. The van der Waals surface area contributed by atoms with Crippen molar-refractivity contribution in [3.8, 4) is 0 Å². The molecular formula is C9H7N7S. The molecule has 3 aromatic heterocycles. The van der Waals surface area contributed by atoms with E-state index in [1.807, 2.05) is 6.07 Å². The molecule has 0 bridgehead atoms. The van der Waals surface area contributed by atoms with Crippen molar-refractivity contribution < 1.29 is 0 Å². The highest BCUT2D eigenvalue weighted by Crippen LogP contribution is 2.30. The van der Waals surface area contributed by atoms with Gasteiger partial charge in [-0.15, -0.1) is 5.10 Å². The van der Waals surface area contributed by atoms with Gasteiger partial charge in [-0.1, -0.05) is 11.8 Å². The largest absolute Gasteiger partial charge is 0.397 e. The Labute approximate surface area is 100 Å². The van der Waals surface area contributed by atoms with Gasteiger partial charge in [0.1, 0.15) is 5.03 Å². The van der Waals surface area contributed by atoms with Crippen molar-refractivity contribution in [3.63, 3.8) is 0 Å². The monoisotopic (exact) mass is 245 g/mol. The Morgan fingerprint density at radius 2 is 2.12 bits per heavy atom. The molecule has 8 heteroatoms. The summed E-state index contributed by atoms with van der Waals surface area (Å²) in [4.78, 5) is 8.90. The smallest absolute Gasteiger partial charge is 0.198 e. The van der Waals surface area contributed by atoms with Gasteiger partial charge < -0.3 is 5.73 Å². The van der Waals surface area contributed by atoms with Gasteiger partial charge in [0.2, 0.25) is 0 Å². The SMILES string of the molecule is Nc1cnccc1Sc1cncc2nnnn12. The van der Waals surface area contributed by atoms with Crippen LogP contribution in [0.5, 0.6) is 0 Å². The quantitative estimate of drug-likeness (QED) is 0.708. The van der Waals surface area contributed by atoms with Crippen molar-refractivity contribution >= 4 is 23.1 Å². The van der Waals surface area contributed by atoms with Gasteiger partial charge in [0.25, 0.3) is 0 Å². The number of nitrogens with two attached hydrogens (primary N) is 1. The van der Waals surface area contributed by atoms with Gasteiger partial charge in [-0.2, -0.15) is 4.52 Å². The summed E-state index contributed by atoms with van der Waals surface area (Å²) in [5, 5.41) is 12.1. The second kappa shape index (κ2) is 3.98. The Bertz CT molecular complexity index is 665. The summed E-state index contributed by atoms with van der Waals surface area (Å²) < 4.78 is 1.61. The zero-order chi connectivity index (χ0) is 11.7. The van der Waals surface area contributed by atoms with Crippen LogP contribution >= 0.6 is 11.8 Å². The van der Waals surface area contributed by atoms with Gasteiger partial charge in [-0.05, 0) is 16.5 Å². The molecule has 0 fully saturated rings. The molecule has 84 valence electrons. The third-order valence-electron chi connectivity index (χ3n) is 2.10. The standard InChI is InChI=1S/C9H7N7S/c10-6-3-11-2-1-7(6)17-9-5-12-4-8-13-14-15-16(8)9/h1-5H,10H2. The predicted molar refractivity (Wildman–Crippen MR) is 61.3 cm³/mol. The van der Waals surface area contributed by atoms with E-state index in [0.717, 1.165) is 9.92 Å². The van der Waals surface area contributed by atoms with E-state index in [2.05, 4.69) is 25.5 Å². The number of hydrogen-bond acceptors (Lipinski definition) is 7. The van der Waals surface area contributed by atoms with Gasteiger partial charge in [0, 0.05) is 11.1 Å². The van der Waals surface area contributed by atoms with Crippen LogP contribution in [-0.4, -0.2) is 30.0 Å². The molecule has 0 radical (unpaired) electrons. The topological polar surface area (TPSA) is 94.9 Å². The second-order valence-corrected chi connectivity index (χ2v) is 4.27. The Kier molecular flexibility index (Phi) is 2.33. The van der Waals surface area contributed by atoms with Crippen LogP contribution in [0.4, 0.5) is 5.69 Å². The molecule has 17 heavy (non-hydrogen) atoms. The highest BCUT2D eigenvalue weighted by Gasteiger charge is 2.07. The minimum absolute atomic E-state index is 0.600. The molecule has 7 nitrogen and oxygen atoms in total. The summed E-state index contributed by atoms with van der Waals surface area (Å²) in [6.45, 7) is 0. The third-order valence-corrected chi connectivity index (χ3v) is 3.18. The van der Waals surface area contributed by atoms with Crippen molar-refractivity contribution in [3.05, 3.63) is 30.9 Å². The molecule has 0 atom stereocenters.